The number of nitrogens with zero attached hydrogens (tertiary/aromatic N) is 2. The summed E-state index contributed by atoms with van der Waals surface area (Å²) < 4.78 is 0. The molecule has 0 fully saturated rings. The summed E-state index contributed by atoms with van der Waals surface area (Å²) in [7, 11) is 0. The van der Waals surface area contributed by atoms with E-state index in [4.69, 9.17) is 0 Å². The highest BCUT2D eigenvalue weighted by Crippen LogP contribution is 2.46. The zero-order valence-electron chi connectivity index (χ0n) is 27.9. The Bertz CT molecular complexity index is 2660. The quantitative estimate of drug-likeness (QED) is 0.168. The van der Waals surface area contributed by atoms with Gasteiger partial charge in [0.1, 0.15) is 0 Å². The third-order valence-electron chi connectivity index (χ3n) is 9.89. The van der Waals surface area contributed by atoms with Crippen LogP contribution in [0.4, 0.5) is 17.1 Å². The molecule has 0 atom stereocenters. The molecule has 0 aromatic heterocycles. The molecular formula is C49H32N2. The normalized spacial score (nSPS) is 11.1. The fraction of sp³-hybridized carbons (Fsp3) is 0. The van der Waals surface area contributed by atoms with Gasteiger partial charge in [0.05, 0.1) is 11.6 Å². The summed E-state index contributed by atoms with van der Waals surface area (Å²) in [6.07, 6.45) is 0. The van der Waals surface area contributed by atoms with Gasteiger partial charge < -0.3 is 4.90 Å². The lowest BCUT2D eigenvalue weighted by molar-refractivity contribution is 1.28. The number of fused-ring (bicyclic) bond motifs is 3. The molecule has 2 nitrogen and oxygen atoms in total. The Morgan fingerprint density at radius 1 is 0.333 bits per heavy atom. The summed E-state index contributed by atoms with van der Waals surface area (Å²) in [5.74, 6) is 0. The van der Waals surface area contributed by atoms with E-state index < -0.39 is 0 Å². The lowest BCUT2D eigenvalue weighted by Gasteiger charge is -2.26. The van der Waals surface area contributed by atoms with Crippen LogP contribution in [0.15, 0.2) is 194 Å². The van der Waals surface area contributed by atoms with Gasteiger partial charge in [-0.3, -0.25) is 0 Å². The van der Waals surface area contributed by atoms with Crippen LogP contribution in [0.5, 0.6) is 0 Å². The summed E-state index contributed by atoms with van der Waals surface area (Å²) >= 11 is 0. The molecule has 9 aromatic carbocycles. The Morgan fingerprint density at radius 2 is 0.765 bits per heavy atom. The summed E-state index contributed by atoms with van der Waals surface area (Å²) in [6.45, 7) is 0. The van der Waals surface area contributed by atoms with E-state index in [0.717, 1.165) is 22.6 Å². The van der Waals surface area contributed by atoms with Gasteiger partial charge in [-0.2, -0.15) is 5.26 Å². The van der Waals surface area contributed by atoms with Gasteiger partial charge in [0.15, 0.2) is 0 Å². The van der Waals surface area contributed by atoms with E-state index in [2.05, 4.69) is 175 Å². The standard InChI is InChI=1S/C49H32N2/c50-33-34-21-27-39(28-22-34)51(40-29-23-36(24-30-40)35-11-2-1-3-12-35)41-31-25-38(26-32-41)48-44-16-6-8-18-46(44)49(47-19-9-7-17-45(47)48)43-20-10-14-37-13-4-5-15-42(37)43/h1-32H. The number of benzene rings is 9. The lowest BCUT2D eigenvalue weighted by atomic mass is 9.85. The van der Waals surface area contributed by atoms with Gasteiger partial charge in [-0.05, 0) is 114 Å². The average Bonchev–Trinajstić information content (AvgIpc) is 3.21. The molecule has 0 saturated heterocycles. The van der Waals surface area contributed by atoms with Crippen molar-refractivity contribution in [2.24, 2.45) is 0 Å². The van der Waals surface area contributed by atoms with E-state index in [1.165, 1.54) is 60.1 Å². The number of hydrogen-bond acceptors (Lipinski definition) is 2. The molecule has 0 aliphatic heterocycles. The lowest BCUT2D eigenvalue weighted by Crippen LogP contribution is -2.09. The van der Waals surface area contributed by atoms with Crippen molar-refractivity contribution in [2.75, 3.05) is 4.90 Å². The van der Waals surface area contributed by atoms with E-state index >= 15 is 0 Å². The summed E-state index contributed by atoms with van der Waals surface area (Å²) in [4.78, 5) is 2.25. The van der Waals surface area contributed by atoms with Crippen LogP contribution in [-0.2, 0) is 0 Å². The average molecular weight is 649 g/mol. The van der Waals surface area contributed by atoms with Crippen molar-refractivity contribution in [3.63, 3.8) is 0 Å². The van der Waals surface area contributed by atoms with E-state index in [9.17, 15) is 5.26 Å². The van der Waals surface area contributed by atoms with Crippen LogP contribution in [0, 0.1) is 11.3 Å². The van der Waals surface area contributed by atoms with Crippen LogP contribution in [-0.4, -0.2) is 0 Å². The molecule has 0 unspecified atom stereocenters. The molecule has 9 aromatic rings. The summed E-state index contributed by atoms with van der Waals surface area (Å²) in [6, 6.07) is 71.0. The van der Waals surface area contributed by atoms with Gasteiger partial charge >= 0.3 is 0 Å². The van der Waals surface area contributed by atoms with Crippen molar-refractivity contribution in [3.8, 4) is 39.4 Å². The smallest absolute Gasteiger partial charge is 0.0991 e. The Hall–Kier alpha value is -6.95. The van der Waals surface area contributed by atoms with Crippen LogP contribution >= 0.6 is 0 Å². The second-order valence-electron chi connectivity index (χ2n) is 12.8. The molecule has 9 rings (SSSR count). The minimum Gasteiger partial charge on any atom is -0.311 e. The molecule has 0 aliphatic rings. The highest BCUT2D eigenvalue weighted by Gasteiger charge is 2.19. The van der Waals surface area contributed by atoms with E-state index in [1.807, 2.05) is 30.3 Å². The number of nitriles is 1. The molecule has 0 heterocycles. The van der Waals surface area contributed by atoms with Gasteiger partial charge in [-0.25, -0.2) is 0 Å². The van der Waals surface area contributed by atoms with Gasteiger partial charge in [0.2, 0.25) is 0 Å². The summed E-state index contributed by atoms with van der Waals surface area (Å²) in [5, 5.41) is 16.9. The van der Waals surface area contributed by atoms with E-state index in [-0.39, 0.29) is 0 Å². The highest BCUT2D eigenvalue weighted by molar-refractivity contribution is 6.23. The van der Waals surface area contributed by atoms with Gasteiger partial charge in [0, 0.05) is 17.1 Å². The minimum absolute atomic E-state index is 0.638. The zero-order chi connectivity index (χ0) is 34.1. The number of rotatable bonds is 6. The first-order valence-electron chi connectivity index (χ1n) is 17.2. The molecule has 0 spiro atoms. The first-order valence-corrected chi connectivity index (χ1v) is 17.2. The molecule has 0 saturated carbocycles. The van der Waals surface area contributed by atoms with E-state index in [0.29, 0.717) is 5.56 Å². The zero-order valence-corrected chi connectivity index (χ0v) is 27.9. The molecule has 0 radical (unpaired) electrons. The molecule has 0 amide bonds. The largest absolute Gasteiger partial charge is 0.311 e. The fourth-order valence-electron chi connectivity index (χ4n) is 7.52. The van der Waals surface area contributed by atoms with Gasteiger partial charge in [-0.1, -0.05) is 146 Å². The van der Waals surface area contributed by atoms with Crippen molar-refractivity contribution in [3.05, 3.63) is 200 Å². The Labute approximate surface area is 297 Å². The molecular weight excluding hydrogens is 617 g/mol. The maximum absolute atomic E-state index is 9.49. The number of anilines is 3. The molecule has 51 heavy (non-hydrogen) atoms. The molecule has 238 valence electrons. The number of hydrogen-bond donors (Lipinski definition) is 0. The first kappa shape index (κ1) is 30.1. The van der Waals surface area contributed by atoms with Crippen LogP contribution in [0.2, 0.25) is 0 Å². The second-order valence-corrected chi connectivity index (χ2v) is 12.8. The maximum Gasteiger partial charge on any atom is 0.0991 e. The third-order valence-corrected chi connectivity index (χ3v) is 9.89. The van der Waals surface area contributed by atoms with Crippen molar-refractivity contribution >= 4 is 49.4 Å². The van der Waals surface area contributed by atoms with Gasteiger partial charge in [0.25, 0.3) is 0 Å². The second kappa shape index (κ2) is 12.8. The first-order chi connectivity index (χ1) is 25.3. The van der Waals surface area contributed by atoms with E-state index in [1.54, 1.807) is 0 Å². The van der Waals surface area contributed by atoms with Crippen LogP contribution in [0.1, 0.15) is 5.56 Å². The Kier molecular flexibility index (Phi) is 7.58. The topological polar surface area (TPSA) is 27.0 Å². The molecule has 0 aliphatic carbocycles. The highest BCUT2D eigenvalue weighted by atomic mass is 15.1. The minimum atomic E-state index is 0.638. The van der Waals surface area contributed by atoms with Crippen molar-refractivity contribution < 1.29 is 0 Å². The van der Waals surface area contributed by atoms with Gasteiger partial charge in [-0.15, -0.1) is 0 Å². The molecule has 0 N–H and O–H groups in total. The Morgan fingerprint density at radius 3 is 1.33 bits per heavy atom. The predicted octanol–water partition coefficient (Wildman–Crippen LogP) is 13.5. The maximum atomic E-state index is 9.49. The van der Waals surface area contributed by atoms with Crippen molar-refractivity contribution in [2.45, 2.75) is 0 Å². The van der Waals surface area contributed by atoms with Crippen LogP contribution < -0.4 is 4.90 Å². The van der Waals surface area contributed by atoms with Crippen LogP contribution in [0.25, 0.3) is 65.7 Å². The Balaban J connectivity index is 1.20. The molecule has 2 heteroatoms. The monoisotopic (exact) mass is 648 g/mol. The fourth-order valence-corrected chi connectivity index (χ4v) is 7.52. The predicted molar refractivity (Wildman–Crippen MR) is 215 cm³/mol. The molecule has 0 bridgehead atoms. The third kappa shape index (κ3) is 5.39. The van der Waals surface area contributed by atoms with Crippen LogP contribution in [0.3, 0.4) is 0 Å². The van der Waals surface area contributed by atoms with Crippen molar-refractivity contribution in [1.82, 2.24) is 0 Å². The summed E-state index contributed by atoms with van der Waals surface area (Å²) in [5.41, 5.74) is 11.0. The SMILES string of the molecule is N#Cc1ccc(N(c2ccc(-c3ccccc3)cc2)c2ccc(-c3c4ccccc4c(-c4cccc5ccccc45)c4ccccc34)cc2)cc1. The van der Waals surface area contributed by atoms with Crippen molar-refractivity contribution in [1.29, 1.82) is 5.26 Å².